The molecule has 11 rings (SSSR count). The second-order valence-electron chi connectivity index (χ2n) is 16.9. The quantitative estimate of drug-likeness (QED) is 0.0904. The number of hydrogen-bond acceptors (Lipinski definition) is 3. The number of aryl methyl sites for hydroxylation is 4. The largest absolute Gasteiger partial charge is 3.00 e. The van der Waals surface area contributed by atoms with Crippen LogP contribution in [0.25, 0.3) is 88.7 Å². The number of fused-ring (bicyclic) bond motifs is 3. The molecule has 8 aromatic carbocycles. The molecule has 0 aliphatic heterocycles. The Balaban J connectivity index is 0.00000525. The summed E-state index contributed by atoms with van der Waals surface area (Å²) < 4.78 is 0. The van der Waals surface area contributed by atoms with Crippen LogP contribution in [0.2, 0.25) is 0 Å². The second kappa shape index (κ2) is 19.9. The average Bonchev–Trinajstić information content (AvgIpc) is 3.40. The van der Waals surface area contributed by atoms with E-state index in [1.165, 1.54) is 54.9 Å². The van der Waals surface area contributed by atoms with Crippen LogP contribution < -0.4 is 0 Å². The van der Waals surface area contributed by atoms with Crippen LogP contribution in [0.4, 0.5) is 0 Å². The van der Waals surface area contributed by atoms with Crippen molar-refractivity contribution in [2.45, 2.75) is 25.7 Å². The number of pyridine rings is 3. The Morgan fingerprint density at radius 3 is 1.43 bits per heavy atom. The first-order valence-corrected chi connectivity index (χ1v) is 22.6. The van der Waals surface area contributed by atoms with Crippen LogP contribution in [0.5, 0.6) is 0 Å². The van der Waals surface area contributed by atoms with Crippen molar-refractivity contribution in [2.75, 3.05) is 0 Å². The number of rotatable bonds is 12. The maximum absolute atomic E-state index is 5.11. The maximum Gasteiger partial charge on any atom is 3.00 e. The minimum Gasteiger partial charge on any atom is -0.304 e. The first kappa shape index (κ1) is 43.3. The van der Waals surface area contributed by atoms with Gasteiger partial charge in [0.25, 0.3) is 0 Å². The Morgan fingerprint density at radius 2 is 0.836 bits per heavy atom. The molecule has 0 aliphatic rings. The van der Waals surface area contributed by atoms with Crippen molar-refractivity contribution in [1.82, 2.24) is 15.0 Å². The minimum atomic E-state index is 0. The number of aromatic nitrogens is 3. The molecule has 0 unspecified atom stereocenters. The van der Waals surface area contributed by atoms with Gasteiger partial charge in [0.05, 0.1) is 0 Å². The van der Waals surface area contributed by atoms with Gasteiger partial charge in [-0.05, 0) is 120 Å². The van der Waals surface area contributed by atoms with Gasteiger partial charge in [0.1, 0.15) is 0 Å². The molecule has 0 radical (unpaired) electrons. The molecular formula is C63H44IrN3. The van der Waals surface area contributed by atoms with Gasteiger partial charge in [-0.2, -0.15) is 0 Å². The predicted molar refractivity (Wildman–Crippen MR) is 272 cm³/mol. The molecule has 0 saturated heterocycles. The molecule has 3 nitrogen and oxygen atoms in total. The standard InChI is InChI=1S/C63H44N3.Ir/c1-4-15-49(16-5-1)61-34-28-44(41-64-61)24-26-46-36-47(27-25-45-29-35-62(65-42-45)50-17-6-2-7-18-50)38-54(37-46)56-22-12-13-23-58(56)60-43-66-63(51-19-8-3-9-20-51)40-59(60)53-32-33-57-52(39-53)31-30-48-14-10-11-21-55(48)57;/h1-15,17,19,21-23,28-43H,24-27H2;/q-3;+3. The fourth-order valence-corrected chi connectivity index (χ4v) is 9.11. The van der Waals surface area contributed by atoms with Crippen LogP contribution in [0.15, 0.2) is 219 Å². The van der Waals surface area contributed by atoms with Gasteiger partial charge in [0.2, 0.25) is 0 Å². The van der Waals surface area contributed by atoms with E-state index in [4.69, 9.17) is 15.0 Å². The molecule has 0 saturated carbocycles. The van der Waals surface area contributed by atoms with Gasteiger partial charge < -0.3 is 15.0 Å². The van der Waals surface area contributed by atoms with Crippen molar-refractivity contribution in [1.29, 1.82) is 0 Å². The van der Waals surface area contributed by atoms with Gasteiger partial charge >= 0.3 is 20.1 Å². The van der Waals surface area contributed by atoms with Gasteiger partial charge in [-0.15, -0.1) is 108 Å². The van der Waals surface area contributed by atoms with Gasteiger partial charge in [0, 0.05) is 24.2 Å². The van der Waals surface area contributed by atoms with E-state index in [-0.39, 0.29) is 20.1 Å². The summed E-state index contributed by atoms with van der Waals surface area (Å²) in [6.07, 6.45) is 9.61. The van der Waals surface area contributed by atoms with Crippen LogP contribution in [-0.4, -0.2) is 15.0 Å². The van der Waals surface area contributed by atoms with E-state index in [0.29, 0.717) is 0 Å². The molecule has 0 amide bonds. The molecule has 320 valence electrons. The van der Waals surface area contributed by atoms with Crippen molar-refractivity contribution in [2.24, 2.45) is 0 Å². The molecule has 3 heterocycles. The number of nitrogens with zero attached hydrogens (tertiary/aromatic N) is 3. The third kappa shape index (κ3) is 9.55. The zero-order valence-corrected chi connectivity index (χ0v) is 39.2. The summed E-state index contributed by atoms with van der Waals surface area (Å²) in [4.78, 5) is 14.8. The normalized spacial score (nSPS) is 11.1. The maximum atomic E-state index is 5.11. The van der Waals surface area contributed by atoms with Gasteiger partial charge in [-0.25, -0.2) is 0 Å². The van der Waals surface area contributed by atoms with Crippen molar-refractivity contribution in [3.05, 3.63) is 259 Å². The smallest absolute Gasteiger partial charge is 0.304 e. The Labute approximate surface area is 406 Å². The molecule has 0 spiro atoms. The van der Waals surface area contributed by atoms with Crippen LogP contribution in [0.3, 0.4) is 0 Å². The summed E-state index contributed by atoms with van der Waals surface area (Å²) in [6, 6.07) is 80.9. The summed E-state index contributed by atoms with van der Waals surface area (Å²) in [7, 11) is 0. The molecule has 67 heavy (non-hydrogen) atoms. The summed E-state index contributed by atoms with van der Waals surface area (Å²) in [5, 5.41) is 4.96. The third-order valence-electron chi connectivity index (χ3n) is 12.5. The van der Waals surface area contributed by atoms with Crippen LogP contribution in [-0.2, 0) is 45.8 Å². The molecule has 3 aromatic heterocycles. The number of hydrogen-bond donors (Lipinski definition) is 0. The molecule has 0 fully saturated rings. The number of benzene rings is 8. The van der Waals surface area contributed by atoms with E-state index < -0.39 is 0 Å². The van der Waals surface area contributed by atoms with Gasteiger partial charge in [-0.1, -0.05) is 121 Å². The SMILES string of the molecule is [Ir+3].[c-]1ccccc1-c1ccc(CCc2cc(CCc3ccc(-c4[c-]cccc4)nc3)cc(-c3ccccc3-c3cnc(-c4[c-]cccc4)cc3-c3ccc4c(ccc5ccccc54)c3)c2)cn1. The van der Waals surface area contributed by atoms with Crippen molar-refractivity contribution < 1.29 is 20.1 Å². The molecule has 4 heteroatoms. The Bertz CT molecular complexity index is 3340. The fourth-order valence-electron chi connectivity index (χ4n) is 9.11. The zero-order chi connectivity index (χ0) is 44.1. The molecular weight excluding hydrogens is 991 g/mol. The molecule has 0 N–H and O–H groups in total. The third-order valence-corrected chi connectivity index (χ3v) is 12.5. The van der Waals surface area contributed by atoms with Gasteiger partial charge in [0.15, 0.2) is 0 Å². The summed E-state index contributed by atoms with van der Waals surface area (Å²) >= 11 is 0. The topological polar surface area (TPSA) is 38.7 Å². The Hall–Kier alpha value is -7.62. The van der Waals surface area contributed by atoms with Gasteiger partial charge in [-0.3, -0.25) is 0 Å². The van der Waals surface area contributed by atoms with Crippen molar-refractivity contribution in [3.8, 4) is 67.2 Å². The van der Waals surface area contributed by atoms with E-state index in [9.17, 15) is 0 Å². The predicted octanol–water partition coefficient (Wildman–Crippen LogP) is 15.1. The van der Waals surface area contributed by atoms with E-state index in [1.807, 2.05) is 67.0 Å². The van der Waals surface area contributed by atoms with Crippen molar-refractivity contribution in [3.63, 3.8) is 0 Å². The Morgan fingerprint density at radius 1 is 0.313 bits per heavy atom. The van der Waals surface area contributed by atoms with E-state index in [0.717, 1.165) is 81.7 Å². The zero-order valence-electron chi connectivity index (χ0n) is 36.8. The van der Waals surface area contributed by atoms with Crippen LogP contribution in [0, 0.1) is 18.2 Å². The summed E-state index contributed by atoms with van der Waals surface area (Å²) in [5.74, 6) is 0. The second-order valence-corrected chi connectivity index (χ2v) is 16.9. The van der Waals surface area contributed by atoms with E-state index in [1.54, 1.807) is 0 Å². The molecule has 0 bridgehead atoms. The molecule has 0 aliphatic carbocycles. The van der Waals surface area contributed by atoms with Crippen molar-refractivity contribution >= 4 is 21.5 Å². The summed E-state index contributed by atoms with van der Waals surface area (Å²) in [5.41, 5.74) is 17.6. The van der Waals surface area contributed by atoms with E-state index in [2.05, 4.69) is 170 Å². The summed E-state index contributed by atoms with van der Waals surface area (Å²) in [6.45, 7) is 0. The molecule has 0 atom stereocenters. The Kier molecular flexibility index (Phi) is 12.8. The van der Waals surface area contributed by atoms with E-state index >= 15 is 0 Å². The molecule has 11 aromatic rings. The minimum absolute atomic E-state index is 0. The average molecular weight is 1040 g/mol. The first-order chi connectivity index (χ1) is 32.7. The monoisotopic (exact) mass is 1040 g/mol. The van der Waals surface area contributed by atoms with Crippen LogP contribution in [0.1, 0.15) is 22.3 Å². The van der Waals surface area contributed by atoms with Crippen LogP contribution >= 0.6 is 0 Å². The first-order valence-electron chi connectivity index (χ1n) is 22.6. The fraction of sp³-hybridized carbons (Fsp3) is 0.0635.